The first kappa shape index (κ1) is 15.0. The Bertz CT molecular complexity index is 475. The topological polar surface area (TPSA) is 42.1 Å². The molecule has 2 aliphatic rings. The summed E-state index contributed by atoms with van der Waals surface area (Å²) in [5, 5.41) is 0. The molecule has 2 N–H and O–H groups in total. The number of fused-ring (bicyclic) bond motifs is 1. The molecular weight excluding hydrogens is 258 g/mol. The molecule has 0 spiro atoms. The van der Waals surface area contributed by atoms with Gasteiger partial charge >= 0.3 is 0 Å². The van der Waals surface area contributed by atoms with Crippen LogP contribution in [0.4, 0.5) is 0 Å². The molecule has 2 unspecified atom stereocenters. The number of aromatic nitrogens is 1. The van der Waals surface area contributed by atoms with Crippen molar-refractivity contribution in [2.45, 2.75) is 68.9 Å². The van der Waals surface area contributed by atoms with E-state index >= 15 is 0 Å². The van der Waals surface area contributed by atoms with Gasteiger partial charge in [-0.05, 0) is 51.4 Å². The van der Waals surface area contributed by atoms with E-state index in [1.54, 1.807) is 0 Å². The molecule has 1 aromatic heterocycles. The van der Waals surface area contributed by atoms with Crippen molar-refractivity contribution in [2.24, 2.45) is 5.73 Å². The average Bonchev–Trinajstić information content (AvgIpc) is 2.75. The van der Waals surface area contributed by atoms with Crippen LogP contribution < -0.4 is 5.73 Å². The Morgan fingerprint density at radius 3 is 2.62 bits per heavy atom. The number of hydrogen-bond acceptors (Lipinski definition) is 3. The third-order valence-electron chi connectivity index (χ3n) is 5.92. The Morgan fingerprint density at radius 1 is 1.24 bits per heavy atom. The Labute approximate surface area is 128 Å². The van der Waals surface area contributed by atoms with Gasteiger partial charge in [0.25, 0.3) is 0 Å². The standard InChI is InChI=1S/C18H29N3/c1-21(2)18(11-5-3-4-6-12-18)17(19)15-10-9-14-8-7-13-20-16(14)15/h7-8,13,15,17H,3-6,9-12,19H2,1-2H3. The number of nitrogens with zero attached hydrogens (tertiary/aromatic N) is 2. The fraction of sp³-hybridized carbons (Fsp3) is 0.722. The zero-order chi connectivity index (χ0) is 14.9. The van der Waals surface area contributed by atoms with Gasteiger partial charge in [0.2, 0.25) is 0 Å². The second-order valence-electron chi connectivity index (χ2n) is 7.13. The number of pyridine rings is 1. The third kappa shape index (κ3) is 2.62. The molecule has 0 radical (unpaired) electrons. The van der Waals surface area contributed by atoms with Crippen LogP contribution in [0.3, 0.4) is 0 Å². The summed E-state index contributed by atoms with van der Waals surface area (Å²) >= 11 is 0. The predicted molar refractivity (Wildman–Crippen MR) is 87.4 cm³/mol. The molecule has 1 saturated carbocycles. The van der Waals surface area contributed by atoms with E-state index in [0.717, 1.165) is 6.42 Å². The highest BCUT2D eigenvalue weighted by molar-refractivity contribution is 5.31. The van der Waals surface area contributed by atoms with Crippen LogP contribution in [0.25, 0.3) is 0 Å². The van der Waals surface area contributed by atoms with Crippen molar-refractivity contribution >= 4 is 0 Å². The molecule has 3 heteroatoms. The van der Waals surface area contributed by atoms with Crippen LogP contribution in [-0.4, -0.2) is 35.6 Å². The van der Waals surface area contributed by atoms with E-state index < -0.39 is 0 Å². The molecular formula is C18H29N3. The average molecular weight is 287 g/mol. The van der Waals surface area contributed by atoms with Gasteiger partial charge in [-0.3, -0.25) is 4.98 Å². The van der Waals surface area contributed by atoms with Gasteiger partial charge in [-0.15, -0.1) is 0 Å². The van der Waals surface area contributed by atoms with E-state index in [1.165, 1.54) is 56.2 Å². The van der Waals surface area contributed by atoms with Gasteiger partial charge in [0.1, 0.15) is 0 Å². The highest BCUT2D eigenvalue weighted by atomic mass is 15.2. The van der Waals surface area contributed by atoms with Crippen LogP contribution in [0.2, 0.25) is 0 Å². The molecule has 0 bridgehead atoms. The first-order valence-electron chi connectivity index (χ1n) is 8.52. The summed E-state index contributed by atoms with van der Waals surface area (Å²) in [4.78, 5) is 7.09. The molecule has 3 rings (SSSR count). The molecule has 2 atom stereocenters. The van der Waals surface area contributed by atoms with Crippen LogP contribution >= 0.6 is 0 Å². The van der Waals surface area contributed by atoms with Crippen molar-refractivity contribution in [2.75, 3.05) is 14.1 Å². The zero-order valence-electron chi connectivity index (χ0n) is 13.5. The van der Waals surface area contributed by atoms with Gasteiger partial charge in [0, 0.05) is 29.4 Å². The summed E-state index contributed by atoms with van der Waals surface area (Å²) < 4.78 is 0. The largest absolute Gasteiger partial charge is 0.326 e. The van der Waals surface area contributed by atoms with Crippen LogP contribution in [0.1, 0.15) is 62.1 Å². The van der Waals surface area contributed by atoms with Gasteiger partial charge < -0.3 is 10.6 Å². The van der Waals surface area contributed by atoms with Crippen molar-refractivity contribution in [3.05, 3.63) is 29.6 Å². The smallest absolute Gasteiger partial charge is 0.0482 e. The maximum Gasteiger partial charge on any atom is 0.0482 e. The fourth-order valence-electron chi connectivity index (χ4n) is 4.59. The number of nitrogens with two attached hydrogens (primary N) is 1. The van der Waals surface area contributed by atoms with Gasteiger partial charge in [-0.25, -0.2) is 0 Å². The maximum atomic E-state index is 6.89. The Morgan fingerprint density at radius 2 is 1.95 bits per heavy atom. The van der Waals surface area contributed by atoms with Crippen LogP contribution in [0, 0.1) is 0 Å². The minimum Gasteiger partial charge on any atom is -0.326 e. The summed E-state index contributed by atoms with van der Waals surface area (Å²) in [5.74, 6) is 0.432. The third-order valence-corrected chi connectivity index (χ3v) is 5.92. The SMILES string of the molecule is CN(C)C1(C(N)C2CCc3cccnc32)CCCCCC1. The van der Waals surface area contributed by atoms with Crippen LogP contribution in [-0.2, 0) is 6.42 Å². The molecule has 1 heterocycles. The molecule has 0 aromatic carbocycles. The number of rotatable bonds is 3. The van der Waals surface area contributed by atoms with Crippen LogP contribution in [0.15, 0.2) is 18.3 Å². The molecule has 0 saturated heterocycles. The van der Waals surface area contributed by atoms with E-state index in [4.69, 9.17) is 5.73 Å². The molecule has 1 fully saturated rings. The monoisotopic (exact) mass is 287 g/mol. The van der Waals surface area contributed by atoms with E-state index in [-0.39, 0.29) is 11.6 Å². The van der Waals surface area contributed by atoms with Gasteiger partial charge in [0.05, 0.1) is 0 Å². The molecule has 3 nitrogen and oxygen atoms in total. The zero-order valence-corrected chi connectivity index (χ0v) is 13.5. The Kier molecular flexibility index (Phi) is 4.32. The van der Waals surface area contributed by atoms with Crippen molar-refractivity contribution < 1.29 is 0 Å². The molecule has 0 aliphatic heterocycles. The van der Waals surface area contributed by atoms with Crippen molar-refractivity contribution in [3.63, 3.8) is 0 Å². The van der Waals surface area contributed by atoms with Crippen molar-refractivity contribution in [3.8, 4) is 0 Å². The van der Waals surface area contributed by atoms with E-state index in [9.17, 15) is 0 Å². The fourth-order valence-corrected chi connectivity index (χ4v) is 4.59. The lowest BCUT2D eigenvalue weighted by molar-refractivity contribution is 0.0846. The summed E-state index contributed by atoms with van der Waals surface area (Å²) in [6.07, 6.45) is 12.1. The minimum atomic E-state index is 0.153. The van der Waals surface area contributed by atoms with Gasteiger partial charge in [0.15, 0.2) is 0 Å². The lowest BCUT2D eigenvalue weighted by atomic mass is 9.75. The predicted octanol–water partition coefficient (Wildman–Crippen LogP) is 3.09. The van der Waals surface area contributed by atoms with Crippen LogP contribution in [0.5, 0.6) is 0 Å². The lowest BCUT2D eigenvalue weighted by Crippen LogP contribution is -2.59. The second-order valence-corrected chi connectivity index (χ2v) is 7.13. The van der Waals surface area contributed by atoms with Crippen molar-refractivity contribution in [1.29, 1.82) is 0 Å². The molecule has 0 amide bonds. The highest BCUT2D eigenvalue weighted by Gasteiger charge is 2.44. The quantitative estimate of drug-likeness (QED) is 0.869. The van der Waals surface area contributed by atoms with Gasteiger partial charge in [-0.1, -0.05) is 31.7 Å². The van der Waals surface area contributed by atoms with E-state index in [1.807, 2.05) is 6.20 Å². The second kappa shape index (κ2) is 6.05. The molecule has 2 aliphatic carbocycles. The van der Waals surface area contributed by atoms with E-state index in [2.05, 4.69) is 36.1 Å². The number of hydrogen-bond donors (Lipinski definition) is 1. The normalized spacial score (nSPS) is 26.4. The van der Waals surface area contributed by atoms with Gasteiger partial charge in [-0.2, -0.15) is 0 Å². The first-order valence-corrected chi connectivity index (χ1v) is 8.52. The Hall–Kier alpha value is -0.930. The molecule has 116 valence electrons. The first-order chi connectivity index (χ1) is 10.1. The Balaban J connectivity index is 1.90. The van der Waals surface area contributed by atoms with E-state index in [0.29, 0.717) is 5.92 Å². The lowest BCUT2D eigenvalue weighted by Gasteiger charge is -2.46. The molecule has 1 aromatic rings. The summed E-state index contributed by atoms with van der Waals surface area (Å²) in [5.41, 5.74) is 9.74. The number of aryl methyl sites for hydroxylation is 1. The number of likely N-dealkylation sites (N-methyl/N-ethyl adjacent to an activating group) is 1. The summed E-state index contributed by atoms with van der Waals surface area (Å²) in [6, 6.07) is 4.48. The molecule has 21 heavy (non-hydrogen) atoms. The van der Waals surface area contributed by atoms with Crippen molar-refractivity contribution in [1.82, 2.24) is 9.88 Å². The maximum absolute atomic E-state index is 6.89. The minimum absolute atomic E-state index is 0.153. The summed E-state index contributed by atoms with van der Waals surface area (Å²) in [7, 11) is 4.44. The highest BCUT2D eigenvalue weighted by Crippen LogP contribution is 2.42. The summed E-state index contributed by atoms with van der Waals surface area (Å²) in [6.45, 7) is 0.